The molecule has 1 aliphatic carbocycles. The summed E-state index contributed by atoms with van der Waals surface area (Å²) in [6.07, 6.45) is 5.97. The highest BCUT2D eigenvalue weighted by Crippen LogP contribution is 2.36. The molecule has 2 N–H and O–H groups in total. The van der Waals surface area contributed by atoms with Gasteiger partial charge < -0.3 is 5.73 Å². The summed E-state index contributed by atoms with van der Waals surface area (Å²) in [5.74, 6) is 0.845. The van der Waals surface area contributed by atoms with Crippen molar-refractivity contribution in [3.05, 3.63) is 34.3 Å². The van der Waals surface area contributed by atoms with Gasteiger partial charge in [0.25, 0.3) is 0 Å². The van der Waals surface area contributed by atoms with Crippen molar-refractivity contribution in [1.29, 1.82) is 0 Å². The Morgan fingerprint density at radius 3 is 2.94 bits per heavy atom. The summed E-state index contributed by atoms with van der Waals surface area (Å²) in [6.45, 7) is 2.27. The molecule has 0 radical (unpaired) electrons. The van der Waals surface area contributed by atoms with Crippen LogP contribution < -0.4 is 5.73 Å². The largest absolute Gasteiger partial charge is 0.325 e. The van der Waals surface area contributed by atoms with E-state index in [0.717, 1.165) is 16.8 Å². The summed E-state index contributed by atoms with van der Waals surface area (Å²) in [5, 5.41) is 0. The molecule has 2 rings (SSSR count). The van der Waals surface area contributed by atoms with Crippen LogP contribution in [-0.4, -0.2) is 5.54 Å². The van der Waals surface area contributed by atoms with Gasteiger partial charge in [0.15, 0.2) is 0 Å². The fourth-order valence-corrected chi connectivity index (χ4v) is 3.28. The molecule has 0 spiro atoms. The van der Waals surface area contributed by atoms with Crippen LogP contribution in [0.1, 0.15) is 38.2 Å². The van der Waals surface area contributed by atoms with E-state index in [1.54, 1.807) is 0 Å². The predicted octanol–water partition coefficient (Wildman–Crippen LogP) is 3.90. The van der Waals surface area contributed by atoms with Gasteiger partial charge in [0.2, 0.25) is 0 Å². The molecule has 1 aromatic rings. The van der Waals surface area contributed by atoms with E-state index in [1.807, 2.05) is 0 Å². The van der Waals surface area contributed by atoms with E-state index in [-0.39, 0.29) is 5.54 Å². The number of halogens is 1. The van der Waals surface area contributed by atoms with Gasteiger partial charge in [-0.3, -0.25) is 0 Å². The molecule has 1 fully saturated rings. The number of nitrogens with two attached hydrogens (primary N) is 1. The Hall–Kier alpha value is -0.340. The average Bonchev–Trinajstić information content (AvgIpc) is 2.60. The van der Waals surface area contributed by atoms with Crippen LogP contribution in [-0.2, 0) is 6.42 Å². The van der Waals surface area contributed by atoms with Gasteiger partial charge in [-0.05, 0) is 49.3 Å². The summed E-state index contributed by atoms with van der Waals surface area (Å²) >= 11 is 3.51. The molecule has 1 saturated carbocycles. The molecule has 2 atom stereocenters. The third kappa shape index (κ3) is 2.86. The number of hydrogen-bond acceptors (Lipinski definition) is 1. The molecule has 0 amide bonds. The first-order valence-corrected chi connectivity index (χ1v) is 6.94. The van der Waals surface area contributed by atoms with Crippen molar-refractivity contribution in [3.8, 4) is 0 Å². The first-order valence-electron chi connectivity index (χ1n) is 6.15. The summed E-state index contributed by atoms with van der Waals surface area (Å²) in [7, 11) is 0. The molecule has 0 bridgehead atoms. The third-order valence-electron chi connectivity index (χ3n) is 3.77. The Morgan fingerprint density at radius 1 is 1.50 bits per heavy atom. The van der Waals surface area contributed by atoms with Crippen molar-refractivity contribution in [2.75, 3.05) is 0 Å². The molecule has 2 heteroatoms. The van der Waals surface area contributed by atoms with Crippen LogP contribution in [0, 0.1) is 5.92 Å². The molecule has 0 saturated heterocycles. The second kappa shape index (κ2) is 4.89. The van der Waals surface area contributed by atoms with E-state index in [2.05, 4.69) is 47.1 Å². The minimum atomic E-state index is 0.0431. The number of benzene rings is 1. The van der Waals surface area contributed by atoms with Crippen LogP contribution in [0.25, 0.3) is 0 Å². The van der Waals surface area contributed by atoms with Gasteiger partial charge in [-0.2, -0.15) is 0 Å². The molecular formula is C14H20BrN. The Labute approximate surface area is 107 Å². The third-order valence-corrected chi connectivity index (χ3v) is 4.26. The molecule has 1 aliphatic rings. The van der Waals surface area contributed by atoms with Crippen LogP contribution >= 0.6 is 15.9 Å². The second-order valence-corrected chi connectivity index (χ2v) is 6.10. The minimum Gasteiger partial charge on any atom is -0.325 e. The van der Waals surface area contributed by atoms with E-state index in [4.69, 9.17) is 5.73 Å². The standard InChI is InChI=1S/C14H20BrN/c1-2-11-6-7-14(16,9-11)10-12-4-3-5-13(15)8-12/h3-5,8,11H,2,6-7,9-10,16H2,1H3. The van der Waals surface area contributed by atoms with E-state index in [1.165, 1.54) is 31.2 Å². The monoisotopic (exact) mass is 281 g/mol. The molecular weight excluding hydrogens is 262 g/mol. The van der Waals surface area contributed by atoms with Crippen LogP contribution in [0.3, 0.4) is 0 Å². The van der Waals surface area contributed by atoms with Crippen molar-refractivity contribution in [2.24, 2.45) is 11.7 Å². The molecule has 1 nitrogen and oxygen atoms in total. The van der Waals surface area contributed by atoms with Gasteiger partial charge in [0.05, 0.1) is 0 Å². The molecule has 0 aromatic heterocycles. The zero-order valence-electron chi connectivity index (χ0n) is 9.88. The SMILES string of the molecule is CCC1CCC(N)(Cc2cccc(Br)c2)C1. The van der Waals surface area contributed by atoms with Crippen molar-refractivity contribution in [1.82, 2.24) is 0 Å². The maximum Gasteiger partial charge on any atom is 0.0197 e. The van der Waals surface area contributed by atoms with Crippen LogP contribution in [0.4, 0.5) is 0 Å². The average molecular weight is 282 g/mol. The fourth-order valence-electron chi connectivity index (χ4n) is 2.83. The second-order valence-electron chi connectivity index (χ2n) is 5.19. The minimum absolute atomic E-state index is 0.0431. The Bertz CT molecular complexity index is 364. The quantitative estimate of drug-likeness (QED) is 0.894. The van der Waals surface area contributed by atoms with Gasteiger partial charge in [-0.15, -0.1) is 0 Å². The zero-order valence-corrected chi connectivity index (χ0v) is 11.5. The molecule has 16 heavy (non-hydrogen) atoms. The predicted molar refractivity (Wildman–Crippen MR) is 72.4 cm³/mol. The van der Waals surface area contributed by atoms with Crippen LogP contribution in [0.15, 0.2) is 28.7 Å². The van der Waals surface area contributed by atoms with Crippen molar-refractivity contribution >= 4 is 15.9 Å². The van der Waals surface area contributed by atoms with Gasteiger partial charge in [0, 0.05) is 10.0 Å². The number of rotatable bonds is 3. The molecule has 1 aromatic carbocycles. The first kappa shape index (κ1) is 12.1. The highest BCUT2D eigenvalue weighted by atomic mass is 79.9. The van der Waals surface area contributed by atoms with E-state index in [0.29, 0.717) is 0 Å². The van der Waals surface area contributed by atoms with Gasteiger partial charge in [0.1, 0.15) is 0 Å². The van der Waals surface area contributed by atoms with Gasteiger partial charge in [-0.25, -0.2) is 0 Å². The molecule has 88 valence electrons. The summed E-state index contributed by atoms with van der Waals surface area (Å²) in [4.78, 5) is 0. The van der Waals surface area contributed by atoms with Crippen molar-refractivity contribution in [3.63, 3.8) is 0 Å². The van der Waals surface area contributed by atoms with Crippen molar-refractivity contribution < 1.29 is 0 Å². The highest BCUT2D eigenvalue weighted by molar-refractivity contribution is 9.10. The van der Waals surface area contributed by atoms with E-state index < -0.39 is 0 Å². The van der Waals surface area contributed by atoms with Crippen LogP contribution in [0.2, 0.25) is 0 Å². The maximum absolute atomic E-state index is 6.49. The lowest BCUT2D eigenvalue weighted by atomic mass is 9.89. The lowest BCUT2D eigenvalue weighted by Crippen LogP contribution is -2.39. The lowest BCUT2D eigenvalue weighted by molar-refractivity contribution is 0.407. The smallest absolute Gasteiger partial charge is 0.0197 e. The van der Waals surface area contributed by atoms with E-state index in [9.17, 15) is 0 Å². The lowest BCUT2D eigenvalue weighted by Gasteiger charge is -2.24. The van der Waals surface area contributed by atoms with Crippen LogP contribution in [0.5, 0.6) is 0 Å². The first-order chi connectivity index (χ1) is 7.61. The van der Waals surface area contributed by atoms with Crippen molar-refractivity contribution in [2.45, 2.75) is 44.6 Å². The van der Waals surface area contributed by atoms with E-state index >= 15 is 0 Å². The maximum atomic E-state index is 6.49. The summed E-state index contributed by atoms with van der Waals surface area (Å²) in [6, 6.07) is 8.53. The Morgan fingerprint density at radius 2 is 2.31 bits per heavy atom. The highest BCUT2D eigenvalue weighted by Gasteiger charge is 2.34. The zero-order chi connectivity index (χ0) is 11.6. The molecule has 0 aliphatic heterocycles. The summed E-state index contributed by atoms with van der Waals surface area (Å²) in [5.41, 5.74) is 7.89. The topological polar surface area (TPSA) is 26.0 Å². The fraction of sp³-hybridized carbons (Fsp3) is 0.571. The Balaban J connectivity index is 2.04. The van der Waals surface area contributed by atoms with Gasteiger partial charge in [-0.1, -0.05) is 41.4 Å². The summed E-state index contributed by atoms with van der Waals surface area (Å²) < 4.78 is 1.15. The molecule has 0 heterocycles. The normalized spacial score (nSPS) is 29.6. The molecule has 2 unspecified atom stereocenters. The Kier molecular flexibility index (Phi) is 3.70. The number of hydrogen-bond donors (Lipinski definition) is 1. The van der Waals surface area contributed by atoms with Gasteiger partial charge >= 0.3 is 0 Å².